The van der Waals surface area contributed by atoms with Crippen LogP contribution in [0.25, 0.3) is 0 Å². The molecule has 0 radical (unpaired) electrons. The summed E-state index contributed by atoms with van der Waals surface area (Å²) in [6.07, 6.45) is 1.35. The Labute approximate surface area is 125 Å². The SMILES string of the molecule is CC(O)CC(C)CNC(=O)Nc1ccc(S(C)(=O)=O)cc1. The van der Waals surface area contributed by atoms with Gasteiger partial charge in [0.15, 0.2) is 9.84 Å². The number of aliphatic hydroxyl groups excluding tert-OH is 1. The summed E-state index contributed by atoms with van der Waals surface area (Å²) in [5.74, 6) is 0.170. The van der Waals surface area contributed by atoms with E-state index >= 15 is 0 Å². The van der Waals surface area contributed by atoms with Crippen molar-refractivity contribution in [2.45, 2.75) is 31.3 Å². The minimum absolute atomic E-state index is 0.170. The molecule has 2 atom stereocenters. The molecule has 2 unspecified atom stereocenters. The summed E-state index contributed by atoms with van der Waals surface area (Å²) < 4.78 is 22.6. The van der Waals surface area contributed by atoms with Crippen LogP contribution in [0.15, 0.2) is 29.2 Å². The van der Waals surface area contributed by atoms with Crippen LogP contribution in [0.3, 0.4) is 0 Å². The molecule has 0 aliphatic carbocycles. The number of amides is 2. The highest BCUT2D eigenvalue weighted by Crippen LogP contribution is 2.13. The van der Waals surface area contributed by atoms with Gasteiger partial charge in [0.25, 0.3) is 0 Å². The highest BCUT2D eigenvalue weighted by atomic mass is 32.2. The van der Waals surface area contributed by atoms with Crippen LogP contribution >= 0.6 is 0 Å². The summed E-state index contributed by atoms with van der Waals surface area (Å²) in [4.78, 5) is 11.9. The van der Waals surface area contributed by atoms with Gasteiger partial charge in [0, 0.05) is 18.5 Å². The Balaban J connectivity index is 2.48. The molecule has 0 aliphatic rings. The summed E-state index contributed by atoms with van der Waals surface area (Å²) in [6, 6.07) is 5.60. The van der Waals surface area contributed by atoms with E-state index in [0.717, 1.165) is 6.26 Å². The summed E-state index contributed by atoms with van der Waals surface area (Å²) in [5.41, 5.74) is 0.517. The van der Waals surface area contributed by atoms with Gasteiger partial charge in [-0.15, -0.1) is 0 Å². The van der Waals surface area contributed by atoms with Gasteiger partial charge in [0.05, 0.1) is 11.0 Å². The molecule has 1 rings (SSSR count). The Morgan fingerprint density at radius 1 is 1.24 bits per heavy atom. The highest BCUT2D eigenvalue weighted by Gasteiger charge is 2.09. The van der Waals surface area contributed by atoms with Crippen LogP contribution < -0.4 is 10.6 Å². The first-order valence-electron chi connectivity index (χ1n) is 6.71. The van der Waals surface area contributed by atoms with E-state index in [1.807, 2.05) is 6.92 Å². The second-order valence-corrected chi connectivity index (χ2v) is 7.34. The number of aliphatic hydroxyl groups is 1. The van der Waals surface area contributed by atoms with E-state index < -0.39 is 15.9 Å². The second kappa shape index (κ2) is 7.42. The molecule has 0 bridgehead atoms. The summed E-state index contributed by atoms with van der Waals surface area (Å²) in [5, 5.41) is 14.6. The maximum absolute atomic E-state index is 11.7. The Kier molecular flexibility index (Phi) is 6.17. The van der Waals surface area contributed by atoms with E-state index in [0.29, 0.717) is 18.7 Å². The van der Waals surface area contributed by atoms with Crippen molar-refractivity contribution in [1.29, 1.82) is 0 Å². The molecule has 0 heterocycles. The molecule has 0 spiro atoms. The fraction of sp³-hybridized carbons (Fsp3) is 0.500. The van der Waals surface area contributed by atoms with E-state index in [9.17, 15) is 18.3 Å². The standard InChI is InChI=1S/C14H22N2O4S/c1-10(8-11(2)17)9-15-14(18)16-12-4-6-13(7-5-12)21(3,19)20/h4-7,10-11,17H,8-9H2,1-3H3,(H2,15,16,18). The summed E-state index contributed by atoms with van der Waals surface area (Å²) in [7, 11) is -3.23. The topological polar surface area (TPSA) is 95.5 Å². The van der Waals surface area contributed by atoms with Crippen molar-refractivity contribution in [2.75, 3.05) is 18.1 Å². The van der Waals surface area contributed by atoms with Crippen molar-refractivity contribution >= 4 is 21.6 Å². The van der Waals surface area contributed by atoms with E-state index in [1.54, 1.807) is 6.92 Å². The van der Waals surface area contributed by atoms with Crippen molar-refractivity contribution in [3.05, 3.63) is 24.3 Å². The molecule has 0 aromatic heterocycles. The number of rotatable bonds is 6. The van der Waals surface area contributed by atoms with Crippen LogP contribution in [0.2, 0.25) is 0 Å². The van der Waals surface area contributed by atoms with Gasteiger partial charge in [-0.2, -0.15) is 0 Å². The second-order valence-electron chi connectivity index (χ2n) is 5.32. The molecule has 1 aromatic rings. The van der Waals surface area contributed by atoms with Crippen molar-refractivity contribution < 1.29 is 18.3 Å². The molecule has 0 saturated heterocycles. The van der Waals surface area contributed by atoms with Crippen molar-refractivity contribution in [1.82, 2.24) is 5.32 Å². The first-order chi connectivity index (χ1) is 9.68. The van der Waals surface area contributed by atoms with E-state index in [4.69, 9.17) is 0 Å². The quantitative estimate of drug-likeness (QED) is 0.743. The third kappa shape index (κ3) is 6.59. The average molecular weight is 314 g/mol. The van der Waals surface area contributed by atoms with Crippen molar-refractivity contribution in [3.8, 4) is 0 Å². The molecule has 6 nitrogen and oxygen atoms in total. The van der Waals surface area contributed by atoms with Crippen LogP contribution in [0, 0.1) is 5.92 Å². The fourth-order valence-corrected chi connectivity index (χ4v) is 2.52. The molecule has 3 N–H and O–H groups in total. The number of carbonyl (C=O) groups excluding carboxylic acids is 1. The Hall–Kier alpha value is -1.60. The van der Waals surface area contributed by atoms with Crippen LogP contribution in [0.1, 0.15) is 20.3 Å². The van der Waals surface area contributed by atoms with Gasteiger partial charge in [-0.25, -0.2) is 13.2 Å². The Morgan fingerprint density at radius 3 is 2.29 bits per heavy atom. The molecule has 21 heavy (non-hydrogen) atoms. The maximum Gasteiger partial charge on any atom is 0.319 e. The molecule has 2 amide bonds. The number of benzene rings is 1. The molecule has 0 saturated carbocycles. The largest absolute Gasteiger partial charge is 0.393 e. The lowest BCUT2D eigenvalue weighted by Crippen LogP contribution is -2.33. The lowest BCUT2D eigenvalue weighted by atomic mass is 10.1. The first-order valence-corrected chi connectivity index (χ1v) is 8.60. The number of urea groups is 1. The van der Waals surface area contributed by atoms with E-state index in [-0.39, 0.29) is 16.8 Å². The van der Waals surface area contributed by atoms with Crippen LogP contribution in [-0.4, -0.2) is 38.5 Å². The number of sulfone groups is 1. The minimum atomic E-state index is -3.23. The first kappa shape index (κ1) is 17.5. The van der Waals surface area contributed by atoms with Crippen LogP contribution in [-0.2, 0) is 9.84 Å². The molecular weight excluding hydrogens is 292 g/mol. The van der Waals surface area contributed by atoms with Gasteiger partial charge in [-0.3, -0.25) is 0 Å². The zero-order valence-electron chi connectivity index (χ0n) is 12.5. The van der Waals surface area contributed by atoms with Gasteiger partial charge in [-0.05, 0) is 43.5 Å². The van der Waals surface area contributed by atoms with Gasteiger partial charge < -0.3 is 15.7 Å². The summed E-state index contributed by atoms with van der Waals surface area (Å²) >= 11 is 0. The van der Waals surface area contributed by atoms with Gasteiger partial charge in [0.2, 0.25) is 0 Å². The van der Waals surface area contributed by atoms with Gasteiger partial charge in [0.1, 0.15) is 0 Å². The number of hydrogen-bond acceptors (Lipinski definition) is 4. The number of anilines is 1. The Bertz CT molecular complexity index is 567. The van der Waals surface area contributed by atoms with Crippen LogP contribution in [0.5, 0.6) is 0 Å². The number of carbonyl (C=O) groups is 1. The molecule has 118 valence electrons. The number of nitrogens with one attached hydrogen (secondary N) is 2. The van der Waals surface area contributed by atoms with E-state index in [1.165, 1.54) is 24.3 Å². The van der Waals surface area contributed by atoms with Crippen molar-refractivity contribution in [2.24, 2.45) is 5.92 Å². The molecular formula is C14H22N2O4S. The van der Waals surface area contributed by atoms with Crippen LogP contribution in [0.4, 0.5) is 10.5 Å². The Morgan fingerprint density at radius 2 is 1.81 bits per heavy atom. The van der Waals surface area contributed by atoms with Gasteiger partial charge >= 0.3 is 6.03 Å². The molecule has 1 aromatic carbocycles. The van der Waals surface area contributed by atoms with Gasteiger partial charge in [-0.1, -0.05) is 6.92 Å². The normalized spacial score (nSPS) is 14.3. The summed E-state index contributed by atoms with van der Waals surface area (Å²) in [6.45, 7) is 4.10. The average Bonchev–Trinajstić information content (AvgIpc) is 2.35. The molecule has 0 aliphatic heterocycles. The smallest absolute Gasteiger partial charge is 0.319 e. The van der Waals surface area contributed by atoms with Crippen molar-refractivity contribution in [3.63, 3.8) is 0 Å². The van der Waals surface area contributed by atoms with E-state index in [2.05, 4.69) is 10.6 Å². The maximum atomic E-state index is 11.7. The minimum Gasteiger partial charge on any atom is -0.393 e. The third-order valence-corrected chi connectivity index (χ3v) is 4.02. The fourth-order valence-electron chi connectivity index (χ4n) is 1.89. The zero-order valence-corrected chi connectivity index (χ0v) is 13.3. The number of hydrogen-bond donors (Lipinski definition) is 3. The monoisotopic (exact) mass is 314 g/mol. The lowest BCUT2D eigenvalue weighted by Gasteiger charge is -2.14. The third-order valence-electron chi connectivity index (χ3n) is 2.89. The highest BCUT2D eigenvalue weighted by molar-refractivity contribution is 7.90. The predicted molar refractivity (Wildman–Crippen MR) is 82.0 cm³/mol. The predicted octanol–water partition coefficient (Wildman–Crippen LogP) is 1.62. The molecule has 7 heteroatoms. The molecule has 0 fully saturated rings. The zero-order chi connectivity index (χ0) is 16.0. The lowest BCUT2D eigenvalue weighted by molar-refractivity contribution is 0.163.